The van der Waals surface area contributed by atoms with E-state index in [1.165, 1.54) is 0 Å². The molecule has 0 aromatic carbocycles. The van der Waals surface area contributed by atoms with Crippen molar-refractivity contribution in [3.05, 3.63) is 0 Å². The molecular weight excluding hydrogens is 232 g/mol. The van der Waals surface area contributed by atoms with Gasteiger partial charge in [0.05, 0.1) is 5.41 Å². The number of carboxylic acids is 1. The summed E-state index contributed by atoms with van der Waals surface area (Å²) in [4.78, 5) is 25.2. The Labute approximate surface area is 108 Å². The highest BCUT2D eigenvalue weighted by Gasteiger charge is 2.42. The van der Waals surface area contributed by atoms with Gasteiger partial charge in [-0.2, -0.15) is 0 Å². The lowest BCUT2D eigenvalue weighted by atomic mass is 9.87. The summed E-state index contributed by atoms with van der Waals surface area (Å²) >= 11 is 0. The fourth-order valence-electron chi connectivity index (χ4n) is 3.07. The quantitative estimate of drug-likeness (QED) is 0.780. The molecule has 0 spiro atoms. The van der Waals surface area contributed by atoms with Crippen LogP contribution in [0.2, 0.25) is 0 Å². The number of aliphatic carboxylic acids is 1. The lowest BCUT2D eigenvalue weighted by Crippen LogP contribution is -2.49. The second-order valence-corrected chi connectivity index (χ2v) is 5.75. The van der Waals surface area contributed by atoms with Crippen molar-refractivity contribution in [1.29, 1.82) is 0 Å². The van der Waals surface area contributed by atoms with E-state index in [4.69, 9.17) is 5.11 Å². The third kappa shape index (κ3) is 2.66. The summed E-state index contributed by atoms with van der Waals surface area (Å²) in [5, 5.41) is 12.2. The average Bonchev–Trinajstić information content (AvgIpc) is 2.96. The fraction of sp³-hybridized carbons (Fsp3) is 0.846. The molecular formula is C13H22N2O3. The van der Waals surface area contributed by atoms with Crippen molar-refractivity contribution in [3.63, 3.8) is 0 Å². The van der Waals surface area contributed by atoms with Crippen LogP contribution in [0, 0.1) is 5.41 Å². The first kappa shape index (κ1) is 13.3. The highest BCUT2D eigenvalue weighted by molar-refractivity contribution is 5.86. The number of hydrogen-bond donors (Lipinski definition) is 2. The minimum Gasteiger partial charge on any atom is -0.480 e. The van der Waals surface area contributed by atoms with E-state index in [2.05, 4.69) is 5.32 Å². The number of nitrogens with one attached hydrogen (secondary N) is 1. The molecule has 1 saturated heterocycles. The molecule has 1 unspecified atom stereocenters. The van der Waals surface area contributed by atoms with Crippen LogP contribution in [-0.2, 0) is 9.59 Å². The zero-order valence-electron chi connectivity index (χ0n) is 10.9. The fourth-order valence-corrected chi connectivity index (χ4v) is 3.07. The van der Waals surface area contributed by atoms with E-state index in [0.717, 1.165) is 38.6 Å². The van der Waals surface area contributed by atoms with Crippen LogP contribution in [0.5, 0.6) is 0 Å². The van der Waals surface area contributed by atoms with E-state index >= 15 is 0 Å². The zero-order valence-corrected chi connectivity index (χ0v) is 10.9. The van der Waals surface area contributed by atoms with E-state index in [-0.39, 0.29) is 18.5 Å². The van der Waals surface area contributed by atoms with Crippen LogP contribution in [0.1, 0.15) is 39.0 Å². The molecule has 1 amide bonds. The number of carbonyl (C=O) groups excluding carboxylic acids is 1. The van der Waals surface area contributed by atoms with Crippen LogP contribution >= 0.6 is 0 Å². The van der Waals surface area contributed by atoms with Crippen LogP contribution in [0.3, 0.4) is 0 Å². The topological polar surface area (TPSA) is 69.6 Å². The Balaban J connectivity index is 2.11. The van der Waals surface area contributed by atoms with Gasteiger partial charge in [-0.1, -0.05) is 12.8 Å². The smallest absolute Gasteiger partial charge is 0.323 e. The summed E-state index contributed by atoms with van der Waals surface area (Å²) in [6.45, 7) is 3.29. The Kier molecular flexibility index (Phi) is 3.90. The molecule has 1 aliphatic carbocycles. The maximum absolute atomic E-state index is 12.6. The number of carbonyl (C=O) groups is 2. The second-order valence-electron chi connectivity index (χ2n) is 5.75. The van der Waals surface area contributed by atoms with Crippen molar-refractivity contribution < 1.29 is 14.7 Å². The molecule has 2 fully saturated rings. The molecule has 5 nitrogen and oxygen atoms in total. The Morgan fingerprint density at radius 3 is 2.56 bits per heavy atom. The SMILES string of the molecule is CC1(C(=O)N(CC(=O)O)C2CCCC2)CCNC1. The third-order valence-electron chi connectivity index (χ3n) is 4.22. The largest absolute Gasteiger partial charge is 0.480 e. The van der Waals surface area contributed by atoms with Gasteiger partial charge in [-0.3, -0.25) is 9.59 Å². The van der Waals surface area contributed by atoms with Gasteiger partial charge in [-0.25, -0.2) is 0 Å². The summed E-state index contributed by atoms with van der Waals surface area (Å²) < 4.78 is 0. The van der Waals surface area contributed by atoms with E-state index in [0.29, 0.717) is 6.54 Å². The maximum atomic E-state index is 12.6. The Morgan fingerprint density at radius 2 is 2.06 bits per heavy atom. The highest BCUT2D eigenvalue weighted by Crippen LogP contribution is 2.31. The molecule has 0 aromatic rings. The lowest BCUT2D eigenvalue weighted by molar-refractivity contribution is -0.151. The minimum absolute atomic E-state index is 0.0156. The molecule has 0 aromatic heterocycles. The molecule has 1 saturated carbocycles. The molecule has 5 heteroatoms. The van der Waals surface area contributed by atoms with E-state index in [9.17, 15) is 9.59 Å². The zero-order chi connectivity index (χ0) is 13.2. The average molecular weight is 254 g/mol. The molecule has 1 heterocycles. The molecule has 2 N–H and O–H groups in total. The highest BCUT2D eigenvalue weighted by atomic mass is 16.4. The summed E-state index contributed by atoms with van der Waals surface area (Å²) in [6.07, 6.45) is 4.89. The summed E-state index contributed by atoms with van der Waals surface area (Å²) in [5.41, 5.74) is -0.419. The van der Waals surface area contributed by atoms with E-state index < -0.39 is 11.4 Å². The number of amides is 1. The molecule has 102 valence electrons. The minimum atomic E-state index is -0.912. The van der Waals surface area contributed by atoms with Gasteiger partial charge in [0, 0.05) is 12.6 Å². The van der Waals surface area contributed by atoms with Crippen molar-refractivity contribution in [2.75, 3.05) is 19.6 Å². The van der Waals surface area contributed by atoms with Crippen LogP contribution in [0.4, 0.5) is 0 Å². The monoisotopic (exact) mass is 254 g/mol. The normalized spacial score (nSPS) is 28.5. The first-order valence-electron chi connectivity index (χ1n) is 6.76. The molecule has 2 rings (SSSR count). The summed E-state index contributed by atoms with van der Waals surface area (Å²) in [7, 11) is 0. The Hall–Kier alpha value is -1.10. The van der Waals surface area contributed by atoms with E-state index in [1.54, 1.807) is 4.90 Å². The van der Waals surface area contributed by atoms with Gasteiger partial charge < -0.3 is 15.3 Å². The van der Waals surface area contributed by atoms with Crippen LogP contribution < -0.4 is 5.32 Å². The van der Waals surface area contributed by atoms with Crippen molar-refractivity contribution in [1.82, 2.24) is 10.2 Å². The molecule has 0 radical (unpaired) electrons. The number of hydrogen-bond acceptors (Lipinski definition) is 3. The van der Waals surface area contributed by atoms with Crippen LogP contribution in [-0.4, -0.2) is 47.6 Å². The predicted octanol–water partition coefficient (Wildman–Crippen LogP) is 0.842. The molecule has 18 heavy (non-hydrogen) atoms. The maximum Gasteiger partial charge on any atom is 0.323 e. The van der Waals surface area contributed by atoms with Gasteiger partial charge in [0.1, 0.15) is 6.54 Å². The van der Waals surface area contributed by atoms with Gasteiger partial charge in [0.15, 0.2) is 0 Å². The summed E-state index contributed by atoms with van der Waals surface area (Å²) in [6, 6.07) is 0.131. The number of rotatable bonds is 4. The van der Waals surface area contributed by atoms with Gasteiger partial charge in [0.2, 0.25) is 5.91 Å². The molecule has 1 aliphatic heterocycles. The Bertz CT molecular complexity index is 331. The predicted molar refractivity (Wildman–Crippen MR) is 67.2 cm³/mol. The third-order valence-corrected chi connectivity index (χ3v) is 4.22. The first-order valence-corrected chi connectivity index (χ1v) is 6.76. The van der Waals surface area contributed by atoms with Gasteiger partial charge in [-0.15, -0.1) is 0 Å². The Morgan fingerprint density at radius 1 is 1.39 bits per heavy atom. The van der Waals surface area contributed by atoms with Gasteiger partial charge in [-0.05, 0) is 32.7 Å². The van der Waals surface area contributed by atoms with Gasteiger partial charge >= 0.3 is 5.97 Å². The molecule has 0 bridgehead atoms. The van der Waals surface area contributed by atoms with Crippen molar-refractivity contribution in [2.45, 2.75) is 45.1 Å². The number of nitrogens with zero attached hydrogens (tertiary/aromatic N) is 1. The van der Waals surface area contributed by atoms with Crippen molar-refractivity contribution in [3.8, 4) is 0 Å². The molecule has 2 aliphatic rings. The molecule has 1 atom stereocenters. The standard InChI is InChI=1S/C13H22N2O3/c1-13(6-7-14-9-13)12(18)15(8-11(16)17)10-4-2-3-5-10/h10,14H,2-9H2,1H3,(H,16,17). The summed E-state index contributed by atoms with van der Waals surface area (Å²) in [5.74, 6) is -0.897. The van der Waals surface area contributed by atoms with Crippen molar-refractivity contribution in [2.24, 2.45) is 5.41 Å². The lowest BCUT2D eigenvalue weighted by Gasteiger charge is -2.34. The van der Waals surface area contributed by atoms with Crippen molar-refractivity contribution >= 4 is 11.9 Å². The first-order chi connectivity index (χ1) is 8.53. The van der Waals surface area contributed by atoms with Crippen LogP contribution in [0.15, 0.2) is 0 Å². The van der Waals surface area contributed by atoms with Gasteiger partial charge in [0.25, 0.3) is 0 Å². The van der Waals surface area contributed by atoms with Crippen LogP contribution in [0.25, 0.3) is 0 Å². The van der Waals surface area contributed by atoms with E-state index in [1.807, 2.05) is 6.92 Å². The second kappa shape index (κ2) is 5.26. The number of carboxylic acid groups (broad SMARTS) is 1.